The van der Waals surface area contributed by atoms with Crippen molar-refractivity contribution in [3.63, 3.8) is 0 Å². The van der Waals surface area contributed by atoms with E-state index in [-0.39, 0.29) is 16.7 Å². The van der Waals surface area contributed by atoms with Gasteiger partial charge in [-0.2, -0.15) is 4.31 Å². The number of hydrogen-bond donors (Lipinski definition) is 1. The number of ether oxygens (including phenoxy) is 2. The van der Waals surface area contributed by atoms with Crippen molar-refractivity contribution in [3.05, 3.63) is 40.8 Å². The first-order valence-electron chi connectivity index (χ1n) is 9.55. The van der Waals surface area contributed by atoms with Gasteiger partial charge < -0.3 is 14.8 Å². The van der Waals surface area contributed by atoms with Crippen LogP contribution in [-0.2, 0) is 16.6 Å². The summed E-state index contributed by atoms with van der Waals surface area (Å²) < 4.78 is 38.1. The van der Waals surface area contributed by atoms with Crippen molar-refractivity contribution in [2.24, 2.45) is 0 Å². The van der Waals surface area contributed by atoms with Crippen LogP contribution in [0.3, 0.4) is 0 Å². The molecule has 0 atom stereocenters. The summed E-state index contributed by atoms with van der Waals surface area (Å²) in [5, 5.41) is 2.82. The quantitative estimate of drug-likeness (QED) is 0.717. The van der Waals surface area contributed by atoms with E-state index in [4.69, 9.17) is 9.47 Å². The van der Waals surface area contributed by atoms with Gasteiger partial charge in [-0.1, -0.05) is 12.8 Å². The lowest BCUT2D eigenvalue weighted by molar-refractivity contribution is 0.0954. The van der Waals surface area contributed by atoms with E-state index >= 15 is 0 Å². The molecule has 29 heavy (non-hydrogen) atoms. The Balaban J connectivity index is 1.69. The van der Waals surface area contributed by atoms with Gasteiger partial charge in [0.25, 0.3) is 15.9 Å². The second-order valence-corrected chi connectivity index (χ2v) is 10.0. The highest BCUT2D eigenvalue weighted by atomic mass is 32.2. The van der Waals surface area contributed by atoms with Gasteiger partial charge in [0.2, 0.25) is 0 Å². The highest BCUT2D eigenvalue weighted by Crippen LogP contribution is 2.27. The van der Waals surface area contributed by atoms with E-state index in [1.54, 1.807) is 38.5 Å². The van der Waals surface area contributed by atoms with Crippen LogP contribution in [0.2, 0.25) is 0 Å². The van der Waals surface area contributed by atoms with Crippen LogP contribution >= 0.6 is 11.3 Å². The summed E-state index contributed by atoms with van der Waals surface area (Å²) in [7, 11) is -0.416. The van der Waals surface area contributed by atoms with E-state index in [0.29, 0.717) is 29.5 Å². The molecule has 0 unspecified atom stereocenters. The van der Waals surface area contributed by atoms with Crippen LogP contribution in [0.25, 0.3) is 0 Å². The molecular weight excluding hydrogens is 412 g/mol. The van der Waals surface area contributed by atoms with Crippen molar-refractivity contribution in [2.75, 3.05) is 27.3 Å². The average molecular weight is 439 g/mol. The highest BCUT2D eigenvalue weighted by Gasteiger charge is 2.27. The van der Waals surface area contributed by atoms with E-state index in [9.17, 15) is 13.2 Å². The molecule has 9 heteroatoms. The Morgan fingerprint density at radius 1 is 1.07 bits per heavy atom. The molecular formula is C20H26N2O5S2. The number of carbonyl (C=O) groups excluding carboxylic acids is 1. The summed E-state index contributed by atoms with van der Waals surface area (Å²) in [6.45, 7) is 1.32. The third kappa shape index (κ3) is 5.09. The van der Waals surface area contributed by atoms with Crippen molar-refractivity contribution in [1.82, 2.24) is 9.62 Å². The number of nitrogens with zero attached hydrogens (tertiary/aromatic N) is 1. The predicted molar refractivity (Wildman–Crippen MR) is 112 cm³/mol. The van der Waals surface area contributed by atoms with Gasteiger partial charge in [-0.3, -0.25) is 4.79 Å². The Morgan fingerprint density at radius 3 is 2.45 bits per heavy atom. The minimum atomic E-state index is -3.55. The van der Waals surface area contributed by atoms with E-state index in [0.717, 1.165) is 42.6 Å². The Labute approximate surface area is 175 Å². The van der Waals surface area contributed by atoms with Crippen molar-refractivity contribution in [1.29, 1.82) is 0 Å². The summed E-state index contributed by atoms with van der Waals surface area (Å²) in [5.41, 5.74) is 0.772. The molecule has 2 aromatic rings. The summed E-state index contributed by atoms with van der Waals surface area (Å²) in [6.07, 6.45) is 3.86. The van der Waals surface area contributed by atoms with Crippen molar-refractivity contribution < 1.29 is 22.7 Å². The molecule has 0 saturated carbocycles. The zero-order chi connectivity index (χ0) is 20.9. The molecule has 1 aromatic carbocycles. The fourth-order valence-electron chi connectivity index (χ4n) is 3.27. The molecule has 158 valence electrons. The second-order valence-electron chi connectivity index (χ2n) is 6.80. The summed E-state index contributed by atoms with van der Waals surface area (Å²) in [5.74, 6) is 0.982. The Kier molecular flexibility index (Phi) is 7.15. The monoisotopic (exact) mass is 438 g/mol. The summed E-state index contributed by atoms with van der Waals surface area (Å²) >= 11 is 1.00. The number of nitrogens with one attached hydrogen (secondary N) is 1. The van der Waals surface area contributed by atoms with Crippen LogP contribution in [0, 0.1) is 0 Å². The number of thiophene rings is 1. The maximum atomic E-state index is 12.9. The number of methoxy groups -OCH3 is 2. The van der Waals surface area contributed by atoms with Gasteiger partial charge >= 0.3 is 0 Å². The molecule has 7 nitrogen and oxygen atoms in total. The third-order valence-electron chi connectivity index (χ3n) is 4.89. The molecule has 1 amide bonds. The van der Waals surface area contributed by atoms with Gasteiger partial charge in [-0.15, -0.1) is 11.3 Å². The minimum Gasteiger partial charge on any atom is -0.497 e. The molecule has 2 heterocycles. The van der Waals surface area contributed by atoms with Crippen LogP contribution in [0.5, 0.6) is 11.5 Å². The summed E-state index contributed by atoms with van der Waals surface area (Å²) in [4.78, 5) is 12.9. The van der Waals surface area contributed by atoms with Gasteiger partial charge in [0, 0.05) is 25.2 Å². The maximum Gasteiger partial charge on any atom is 0.261 e. The normalized spacial score (nSPS) is 15.5. The third-order valence-corrected chi connectivity index (χ3v) is 8.34. The minimum absolute atomic E-state index is 0.212. The van der Waals surface area contributed by atoms with Gasteiger partial charge in [-0.25, -0.2) is 8.42 Å². The number of benzene rings is 1. The number of rotatable bonds is 7. The summed E-state index contributed by atoms with van der Waals surface area (Å²) in [6, 6.07) is 8.43. The Bertz CT molecular complexity index is 948. The number of carbonyl (C=O) groups is 1. The number of hydrogen-bond acceptors (Lipinski definition) is 6. The van der Waals surface area contributed by atoms with Crippen molar-refractivity contribution in [2.45, 2.75) is 36.4 Å². The molecule has 1 fully saturated rings. The zero-order valence-electron chi connectivity index (χ0n) is 16.6. The smallest absolute Gasteiger partial charge is 0.261 e. The van der Waals surface area contributed by atoms with Crippen LogP contribution in [0.4, 0.5) is 0 Å². The molecule has 0 spiro atoms. The fraction of sp³-hybridized carbons (Fsp3) is 0.450. The molecule has 0 aliphatic carbocycles. The molecule has 1 aromatic heterocycles. The molecule has 1 aliphatic rings. The Morgan fingerprint density at radius 2 is 1.79 bits per heavy atom. The van der Waals surface area contributed by atoms with Crippen LogP contribution < -0.4 is 14.8 Å². The first-order valence-corrected chi connectivity index (χ1v) is 11.8. The van der Waals surface area contributed by atoms with Crippen LogP contribution in [-0.4, -0.2) is 45.9 Å². The lowest BCUT2D eigenvalue weighted by Gasteiger charge is -2.18. The van der Waals surface area contributed by atoms with E-state index in [1.165, 1.54) is 10.4 Å². The van der Waals surface area contributed by atoms with Crippen molar-refractivity contribution in [3.8, 4) is 11.5 Å². The largest absolute Gasteiger partial charge is 0.497 e. The van der Waals surface area contributed by atoms with Gasteiger partial charge in [-0.05, 0) is 43.2 Å². The predicted octanol–water partition coefficient (Wildman–Crippen LogP) is 3.26. The molecule has 1 saturated heterocycles. The molecule has 0 bridgehead atoms. The van der Waals surface area contributed by atoms with Gasteiger partial charge in [0.05, 0.1) is 19.1 Å². The Hall–Kier alpha value is -2.10. The van der Waals surface area contributed by atoms with Gasteiger partial charge in [0.15, 0.2) is 0 Å². The van der Waals surface area contributed by atoms with E-state index < -0.39 is 10.0 Å². The number of sulfonamides is 1. The standard InChI is InChI=1S/C20H26N2O5S2/c1-26-16-7-8-17(27-2)15(13-16)14-21-20(23)18-9-10-19(28-18)29(24,25)22-11-5-3-4-6-12-22/h7-10,13H,3-6,11-12,14H2,1-2H3,(H,21,23). The fourth-order valence-corrected chi connectivity index (χ4v) is 6.17. The lowest BCUT2D eigenvalue weighted by Crippen LogP contribution is -2.31. The average Bonchev–Trinajstić information content (AvgIpc) is 3.08. The van der Waals surface area contributed by atoms with E-state index in [2.05, 4.69) is 5.32 Å². The first-order chi connectivity index (χ1) is 14.0. The topological polar surface area (TPSA) is 84.9 Å². The zero-order valence-corrected chi connectivity index (χ0v) is 18.3. The molecule has 1 aliphatic heterocycles. The molecule has 0 radical (unpaired) electrons. The number of amides is 1. The van der Waals surface area contributed by atoms with Crippen LogP contribution in [0.1, 0.15) is 40.9 Å². The first kappa shape index (κ1) is 21.6. The SMILES string of the molecule is COc1ccc(OC)c(CNC(=O)c2ccc(S(=O)(=O)N3CCCCCC3)s2)c1. The molecule has 1 N–H and O–H groups in total. The van der Waals surface area contributed by atoms with E-state index in [1.807, 2.05) is 0 Å². The molecule has 3 rings (SSSR count). The second kappa shape index (κ2) is 9.60. The van der Waals surface area contributed by atoms with Crippen molar-refractivity contribution >= 4 is 27.3 Å². The highest BCUT2D eigenvalue weighted by molar-refractivity contribution is 7.91. The lowest BCUT2D eigenvalue weighted by atomic mass is 10.2. The van der Waals surface area contributed by atoms with Crippen LogP contribution in [0.15, 0.2) is 34.5 Å². The van der Waals surface area contributed by atoms with Gasteiger partial charge in [0.1, 0.15) is 15.7 Å². The maximum absolute atomic E-state index is 12.9.